The number of pyridine rings is 1. The van der Waals surface area contributed by atoms with E-state index in [0.29, 0.717) is 30.9 Å². The zero-order chi connectivity index (χ0) is 19.9. The van der Waals surface area contributed by atoms with Crippen molar-refractivity contribution in [3.63, 3.8) is 0 Å². The lowest BCUT2D eigenvalue weighted by Gasteiger charge is -2.30. The van der Waals surface area contributed by atoms with Gasteiger partial charge in [-0.2, -0.15) is 18.3 Å². The number of hydrogen-bond acceptors (Lipinski definition) is 4. The van der Waals surface area contributed by atoms with Crippen LogP contribution in [0.2, 0.25) is 0 Å². The van der Waals surface area contributed by atoms with Crippen molar-refractivity contribution in [1.29, 1.82) is 0 Å². The van der Waals surface area contributed by atoms with Crippen molar-refractivity contribution in [2.75, 3.05) is 13.2 Å². The van der Waals surface area contributed by atoms with Crippen LogP contribution in [0.25, 0.3) is 16.8 Å². The van der Waals surface area contributed by atoms with Crippen LogP contribution in [-0.2, 0) is 15.7 Å². The highest BCUT2D eigenvalue weighted by molar-refractivity contribution is 5.70. The molecule has 1 saturated heterocycles. The van der Waals surface area contributed by atoms with E-state index in [2.05, 4.69) is 16.2 Å². The fourth-order valence-corrected chi connectivity index (χ4v) is 3.70. The summed E-state index contributed by atoms with van der Waals surface area (Å²) in [6, 6.07) is 3.00. The predicted octanol–water partition coefficient (Wildman–Crippen LogP) is 4.86. The third-order valence-electron chi connectivity index (χ3n) is 5.16. The van der Waals surface area contributed by atoms with Gasteiger partial charge < -0.3 is 9.47 Å². The van der Waals surface area contributed by atoms with Crippen molar-refractivity contribution in [2.45, 2.75) is 51.1 Å². The van der Waals surface area contributed by atoms with E-state index in [1.165, 1.54) is 6.20 Å². The first-order chi connectivity index (χ1) is 13.3. The number of rotatable bonds is 3. The molecule has 1 fully saturated rings. The summed E-state index contributed by atoms with van der Waals surface area (Å²) in [5.41, 5.74) is 2.08. The van der Waals surface area contributed by atoms with Crippen LogP contribution in [0.15, 0.2) is 30.6 Å². The van der Waals surface area contributed by atoms with Crippen LogP contribution in [0.4, 0.5) is 13.2 Å². The van der Waals surface area contributed by atoms with Gasteiger partial charge in [-0.05, 0) is 38.0 Å². The third kappa shape index (κ3) is 3.58. The second kappa shape index (κ2) is 7.00. The van der Waals surface area contributed by atoms with Crippen LogP contribution in [0.1, 0.15) is 50.4 Å². The van der Waals surface area contributed by atoms with Crippen LogP contribution >= 0.6 is 0 Å². The first-order valence-corrected chi connectivity index (χ1v) is 9.37. The van der Waals surface area contributed by atoms with Gasteiger partial charge in [-0.3, -0.25) is 9.67 Å². The fraction of sp³-hybridized carbons (Fsp3) is 0.500. The van der Waals surface area contributed by atoms with Crippen LogP contribution < -0.4 is 0 Å². The smallest absolute Gasteiger partial charge is 0.347 e. The molecule has 0 N–H and O–H groups in total. The third-order valence-corrected chi connectivity index (χ3v) is 5.16. The number of nitrogens with zero attached hydrogens (tertiary/aromatic N) is 3. The highest BCUT2D eigenvalue weighted by atomic mass is 19.4. The summed E-state index contributed by atoms with van der Waals surface area (Å²) in [6.45, 7) is 5.22. The average Bonchev–Trinajstić information content (AvgIpc) is 3.30. The first kappa shape index (κ1) is 19.1. The van der Waals surface area contributed by atoms with E-state index >= 15 is 0 Å². The summed E-state index contributed by atoms with van der Waals surface area (Å²) in [5, 5.41) is 4.57. The highest BCUT2D eigenvalue weighted by Crippen LogP contribution is 2.39. The molecule has 28 heavy (non-hydrogen) atoms. The zero-order valence-corrected chi connectivity index (χ0v) is 15.8. The van der Waals surface area contributed by atoms with Gasteiger partial charge >= 0.3 is 6.18 Å². The Bertz CT molecular complexity index is 896. The Morgan fingerprint density at radius 3 is 2.50 bits per heavy atom. The number of aromatic nitrogens is 3. The summed E-state index contributed by atoms with van der Waals surface area (Å²) < 4.78 is 52.5. The molecule has 0 amide bonds. The maximum absolute atomic E-state index is 13.0. The lowest BCUT2D eigenvalue weighted by atomic mass is 9.92. The summed E-state index contributed by atoms with van der Waals surface area (Å²) in [6.07, 6.45) is 2.07. The van der Waals surface area contributed by atoms with Gasteiger partial charge in [-0.1, -0.05) is 6.08 Å². The lowest BCUT2D eigenvalue weighted by molar-refractivity contribution is -0.159. The molecule has 4 rings (SSSR count). The van der Waals surface area contributed by atoms with Gasteiger partial charge in [0.2, 0.25) is 0 Å². The van der Waals surface area contributed by atoms with Gasteiger partial charge in [0.1, 0.15) is 0 Å². The molecule has 0 aromatic carbocycles. The molecule has 8 heteroatoms. The van der Waals surface area contributed by atoms with Crippen LogP contribution in [0.3, 0.4) is 0 Å². The maximum Gasteiger partial charge on any atom is 0.417 e. The van der Waals surface area contributed by atoms with E-state index in [1.54, 1.807) is 0 Å². The number of hydrogen-bond donors (Lipinski definition) is 0. The van der Waals surface area contributed by atoms with E-state index in [4.69, 9.17) is 9.47 Å². The SMILES string of the molecule is CC(C)n1nc(-c2cncc(C(F)(F)F)c2)cc1C1=CCC2(CC1)OCCO2. The number of allylic oxidation sites excluding steroid dienone is 1. The molecule has 2 aromatic heterocycles. The van der Waals surface area contributed by atoms with Crippen molar-refractivity contribution in [1.82, 2.24) is 14.8 Å². The summed E-state index contributed by atoms with van der Waals surface area (Å²) in [7, 11) is 0. The molecule has 5 nitrogen and oxygen atoms in total. The number of halogens is 3. The zero-order valence-electron chi connectivity index (χ0n) is 15.8. The minimum atomic E-state index is -4.44. The maximum atomic E-state index is 13.0. The monoisotopic (exact) mass is 393 g/mol. The van der Waals surface area contributed by atoms with E-state index in [-0.39, 0.29) is 6.04 Å². The van der Waals surface area contributed by atoms with Crippen LogP contribution in [0, 0.1) is 0 Å². The molecule has 3 heterocycles. The molecule has 1 aliphatic heterocycles. The normalized spacial score (nSPS) is 19.4. The molecule has 150 valence electrons. The van der Waals surface area contributed by atoms with Gasteiger partial charge in [-0.25, -0.2) is 0 Å². The van der Waals surface area contributed by atoms with Crippen molar-refractivity contribution in [3.05, 3.63) is 41.9 Å². The van der Waals surface area contributed by atoms with Gasteiger partial charge in [0.25, 0.3) is 0 Å². The van der Waals surface area contributed by atoms with Crippen molar-refractivity contribution in [2.24, 2.45) is 0 Å². The molecular formula is C20H22F3N3O2. The molecule has 1 aliphatic carbocycles. The Kier molecular flexibility index (Phi) is 4.79. The Morgan fingerprint density at radius 2 is 1.89 bits per heavy atom. The first-order valence-electron chi connectivity index (χ1n) is 9.37. The molecule has 0 bridgehead atoms. The van der Waals surface area contributed by atoms with E-state index in [9.17, 15) is 13.2 Å². The molecule has 0 atom stereocenters. The summed E-state index contributed by atoms with van der Waals surface area (Å²) in [4.78, 5) is 3.75. The summed E-state index contributed by atoms with van der Waals surface area (Å²) >= 11 is 0. The minimum absolute atomic E-state index is 0.0678. The Labute approximate surface area is 161 Å². The van der Waals surface area contributed by atoms with E-state index in [0.717, 1.165) is 36.4 Å². The lowest BCUT2D eigenvalue weighted by Crippen LogP contribution is -2.31. The number of ether oxygens (including phenoxy) is 2. The molecule has 0 unspecified atom stereocenters. The second-order valence-corrected chi connectivity index (χ2v) is 7.45. The van der Waals surface area contributed by atoms with E-state index in [1.807, 2.05) is 24.6 Å². The largest absolute Gasteiger partial charge is 0.417 e. The quantitative estimate of drug-likeness (QED) is 0.748. The fourth-order valence-electron chi connectivity index (χ4n) is 3.70. The second-order valence-electron chi connectivity index (χ2n) is 7.45. The topological polar surface area (TPSA) is 49.2 Å². The Balaban J connectivity index is 1.68. The molecule has 0 radical (unpaired) electrons. The van der Waals surface area contributed by atoms with Crippen molar-refractivity contribution in [3.8, 4) is 11.3 Å². The van der Waals surface area contributed by atoms with E-state index < -0.39 is 17.5 Å². The molecule has 2 aromatic rings. The Morgan fingerprint density at radius 1 is 1.14 bits per heavy atom. The molecule has 1 spiro atoms. The van der Waals surface area contributed by atoms with Gasteiger partial charge in [0.15, 0.2) is 5.79 Å². The van der Waals surface area contributed by atoms with Crippen LogP contribution in [-0.4, -0.2) is 33.8 Å². The molecular weight excluding hydrogens is 371 g/mol. The standard InChI is InChI=1S/C20H22F3N3O2/c1-13(2)26-18(14-3-5-19(6-4-14)27-7-8-28-19)10-17(25-26)15-9-16(12-24-11-15)20(21,22)23/h3,9-13H,4-8H2,1-2H3. The molecule has 2 aliphatic rings. The average molecular weight is 393 g/mol. The minimum Gasteiger partial charge on any atom is -0.347 e. The van der Waals surface area contributed by atoms with Crippen LogP contribution in [0.5, 0.6) is 0 Å². The highest BCUT2D eigenvalue weighted by Gasteiger charge is 2.38. The number of alkyl halides is 3. The van der Waals surface area contributed by atoms with Crippen molar-refractivity contribution >= 4 is 5.57 Å². The predicted molar refractivity (Wildman–Crippen MR) is 97.3 cm³/mol. The van der Waals surface area contributed by atoms with Gasteiger partial charge in [-0.15, -0.1) is 0 Å². The van der Waals surface area contributed by atoms with Gasteiger partial charge in [0, 0.05) is 36.8 Å². The van der Waals surface area contributed by atoms with Crippen molar-refractivity contribution < 1.29 is 22.6 Å². The van der Waals surface area contributed by atoms with Gasteiger partial charge in [0.05, 0.1) is 30.2 Å². The summed E-state index contributed by atoms with van der Waals surface area (Å²) in [5.74, 6) is -0.514. The Hall–Kier alpha value is -2.19. The molecule has 0 saturated carbocycles.